The zero-order valence-electron chi connectivity index (χ0n) is 11.3. The third-order valence-corrected chi connectivity index (χ3v) is 4.72. The fraction of sp³-hybridized carbons (Fsp3) is 0.462. The molecule has 1 aliphatic rings. The monoisotopic (exact) mass is 298 g/mol. The van der Waals surface area contributed by atoms with Gasteiger partial charge in [0.25, 0.3) is 0 Å². The van der Waals surface area contributed by atoms with E-state index < -0.39 is 22.0 Å². The lowest BCUT2D eigenvalue weighted by molar-refractivity contribution is -0.138. The minimum atomic E-state index is -3.38. The fourth-order valence-electron chi connectivity index (χ4n) is 2.52. The predicted molar refractivity (Wildman–Crippen MR) is 76.2 cm³/mol. The molecule has 1 aromatic carbocycles. The average molecular weight is 298 g/mol. The summed E-state index contributed by atoms with van der Waals surface area (Å²) >= 11 is 0. The lowest BCUT2D eigenvalue weighted by atomic mass is 10.1. The molecule has 1 atom stereocenters. The number of sulfonamides is 1. The summed E-state index contributed by atoms with van der Waals surface area (Å²) in [6, 6.07) is 9.07. The smallest absolute Gasteiger partial charge is 0.305 e. The zero-order valence-corrected chi connectivity index (χ0v) is 12.1. The summed E-state index contributed by atoms with van der Waals surface area (Å²) < 4.78 is 24.8. The third-order valence-electron chi connectivity index (χ3n) is 3.39. The van der Waals surface area contributed by atoms with Gasteiger partial charge in [-0.2, -0.15) is 4.31 Å². The first kappa shape index (κ1) is 14.8. The highest BCUT2D eigenvalue weighted by atomic mass is 32.2. The Kier molecular flexibility index (Phi) is 4.29. The molecule has 1 N–H and O–H groups in total. The van der Waals surface area contributed by atoms with Crippen LogP contribution in [-0.2, 0) is 14.8 Å². The zero-order chi connectivity index (χ0) is 14.8. The van der Waals surface area contributed by atoms with Crippen LogP contribution in [0.1, 0.15) is 6.42 Å². The molecule has 0 aliphatic carbocycles. The number of hydrogen-bond donors (Lipinski definition) is 1. The Balaban J connectivity index is 2.19. The maximum Gasteiger partial charge on any atom is 0.305 e. The second-order valence-corrected chi connectivity index (χ2v) is 6.84. The van der Waals surface area contributed by atoms with E-state index in [0.29, 0.717) is 19.6 Å². The second-order valence-electron chi connectivity index (χ2n) is 4.91. The van der Waals surface area contributed by atoms with E-state index in [4.69, 9.17) is 5.11 Å². The summed E-state index contributed by atoms with van der Waals surface area (Å²) in [6.07, 6.45) is 0.941. The Morgan fingerprint density at radius 2 is 1.95 bits per heavy atom. The molecule has 110 valence electrons. The van der Waals surface area contributed by atoms with Crippen LogP contribution in [0.5, 0.6) is 0 Å². The van der Waals surface area contributed by atoms with Gasteiger partial charge < -0.3 is 10.0 Å². The van der Waals surface area contributed by atoms with Gasteiger partial charge in [-0.3, -0.25) is 4.79 Å². The van der Waals surface area contributed by atoms with E-state index >= 15 is 0 Å². The molecule has 20 heavy (non-hydrogen) atoms. The number of carboxylic acids is 1. The number of carboxylic acid groups (broad SMARTS) is 1. The number of anilines is 1. The maximum atomic E-state index is 11.7. The largest absolute Gasteiger partial charge is 0.481 e. The molecule has 0 bridgehead atoms. The first-order valence-electron chi connectivity index (χ1n) is 6.36. The molecule has 1 aliphatic heterocycles. The molecule has 0 radical (unpaired) electrons. The van der Waals surface area contributed by atoms with Gasteiger partial charge in [0.15, 0.2) is 0 Å². The van der Waals surface area contributed by atoms with Gasteiger partial charge in [-0.05, 0) is 12.1 Å². The molecular weight excluding hydrogens is 280 g/mol. The van der Waals surface area contributed by atoms with Gasteiger partial charge in [-0.1, -0.05) is 18.2 Å². The van der Waals surface area contributed by atoms with E-state index in [1.54, 1.807) is 0 Å². The normalized spacial score (nSPS) is 20.9. The number of para-hydroxylation sites is 1. The third kappa shape index (κ3) is 3.49. The second kappa shape index (κ2) is 5.80. The van der Waals surface area contributed by atoms with Crippen molar-refractivity contribution in [2.45, 2.75) is 12.5 Å². The number of aliphatic carboxylic acids is 1. The number of benzene rings is 1. The van der Waals surface area contributed by atoms with Crippen LogP contribution in [0.25, 0.3) is 0 Å². The molecule has 7 heteroatoms. The van der Waals surface area contributed by atoms with E-state index in [2.05, 4.69) is 0 Å². The molecule has 1 fully saturated rings. The number of piperazine rings is 1. The van der Waals surface area contributed by atoms with Gasteiger partial charge in [0.05, 0.1) is 18.7 Å². The van der Waals surface area contributed by atoms with Crippen LogP contribution in [-0.4, -0.2) is 55.7 Å². The number of rotatable bonds is 4. The highest BCUT2D eigenvalue weighted by Crippen LogP contribution is 2.22. The van der Waals surface area contributed by atoms with Gasteiger partial charge in [-0.15, -0.1) is 0 Å². The molecule has 2 rings (SSSR count). The molecule has 0 spiro atoms. The first-order valence-corrected chi connectivity index (χ1v) is 8.21. The minimum Gasteiger partial charge on any atom is -0.481 e. The molecule has 0 unspecified atom stereocenters. The van der Waals surface area contributed by atoms with Crippen molar-refractivity contribution in [2.75, 3.05) is 30.8 Å². The van der Waals surface area contributed by atoms with E-state index in [1.807, 2.05) is 35.2 Å². The standard InChI is InChI=1S/C13H18N2O4S/c1-20(18,19)15-8-7-14(10-12(15)9-13(16)17)11-5-3-2-4-6-11/h2-6,12H,7-10H2,1H3,(H,16,17)/t12-/m1/s1. The minimum absolute atomic E-state index is 0.184. The topological polar surface area (TPSA) is 77.9 Å². The Bertz CT molecular complexity index is 573. The van der Waals surface area contributed by atoms with Crippen LogP contribution in [0.15, 0.2) is 30.3 Å². The van der Waals surface area contributed by atoms with Crippen LogP contribution in [0.4, 0.5) is 5.69 Å². The summed E-state index contributed by atoms with van der Waals surface area (Å²) in [5.41, 5.74) is 0.982. The van der Waals surface area contributed by atoms with Crippen molar-refractivity contribution in [1.29, 1.82) is 0 Å². The molecule has 1 aromatic rings. The van der Waals surface area contributed by atoms with Crippen LogP contribution < -0.4 is 4.90 Å². The Hall–Kier alpha value is -1.60. The van der Waals surface area contributed by atoms with E-state index in [1.165, 1.54) is 4.31 Å². The van der Waals surface area contributed by atoms with Crippen LogP contribution in [0.3, 0.4) is 0 Å². The Morgan fingerprint density at radius 1 is 1.30 bits per heavy atom. The summed E-state index contributed by atoms with van der Waals surface area (Å²) in [4.78, 5) is 13.0. The SMILES string of the molecule is CS(=O)(=O)N1CCN(c2ccccc2)C[C@H]1CC(=O)O. The van der Waals surface area contributed by atoms with Crippen LogP contribution >= 0.6 is 0 Å². The maximum absolute atomic E-state index is 11.7. The van der Waals surface area contributed by atoms with Gasteiger partial charge >= 0.3 is 5.97 Å². The lowest BCUT2D eigenvalue weighted by Crippen LogP contribution is -2.55. The molecular formula is C13H18N2O4S. The Morgan fingerprint density at radius 3 is 2.50 bits per heavy atom. The van der Waals surface area contributed by atoms with Crippen molar-refractivity contribution in [1.82, 2.24) is 4.31 Å². The lowest BCUT2D eigenvalue weighted by Gasteiger charge is -2.40. The molecule has 0 aromatic heterocycles. The summed E-state index contributed by atoms with van der Waals surface area (Å²) in [5.74, 6) is -0.987. The number of carbonyl (C=O) groups is 1. The van der Waals surface area contributed by atoms with Crippen LogP contribution in [0.2, 0.25) is 0 Å². The van der Waals surface area contributed by atoms with Gasteiger partial charge in [0, 0.05) is 25.3 Å². The van der Waals surface area contributed by atoms with Crippen molar-refractivity contribution in [3.8, 4) is 0 Å². The predicted octanol–water partition coefficient (Wildman–Crippen LogP) is 0.611. The van der Waals surface area contributed by atoms with Crippen molar-refractivity contribution in [3.63, 3.8) is 0 Å². The summed E-state index contributed by atoms with van der Waals surface area (Å²) in [7, 11) is -3.38. The number of nitrogens with zero attached hydrogens (tertiary/aromatic N) is 2. The summed E-state index contributed by atoms with van der Waals surface area (Å²) in [6.45, 7) is 1.27. The fourth-order valence-corrected chi connectivity index (χ4v) is 3.61. The molecule has 1 saturated heterocycles. The van der Waals surface area contributed by atoms with Gasteiger partial charge in [-0.25, -0.2) is 8.42 Å². The van der Waals surface area contributed by atoms with Crippen molar-refractivity contribution in [2.24, 2.45) is 0 Å². The summed E-state index contributed by atoms with van der Waals surface area (Å²) in [5, 5.41) is 8.97. The highest BCUT2D eigenvalue weighted by Gasteiger charge is 2.34. The molecule has 0 saturated carbocycles. The Labute approximate surface area is 118 Å². The van der Waals surface area contributed by atoms with Gasteiger partial charge in [0.1, 0.15) is 0 Å². The molecule has 1 heterocycles. The van der Waals surface area contributed by atoms with E-state index in [0.717, 1.165) is 11.9 Å². The van der Waals surface area contributed by atoms with Gasteiger partial charge in [0.2, 0.25) is 10.0 Å². The van der Waals surface area contributed by atoms with E-state index in [9.17, 15) is 13.2 Å². The molecule has 0 amide bonds. The van der Waals surface area contributed by atoms with E-state index in [-0.39, 0.29) is 6.42 Å². The van der Waals surface area contributed by atoms with Crippen molar-refractivity contribution >= 4 is 21.7 Å². The number of hydrogen-bond acceptors (Lipinski definition) is 4. The molecule has 6 nitrogen and oxygen atoms in total. The average Bonchev–Trinajstić information content (AvgIpc) is 2.37. The van der Waals surface area contributed by atoms with Crippen molar-refractivity contribution in [3.05, 3.63) is 30.3 Å². The van der Waals surface area contributed by atoms with Crippen molar-refractivity contribution < 1.29 is 18.3 Å². The quantitative estimate of drug-likeness (QED) is 0.881. The first-order chi connectivity index (χ1) is 9.38. The van der Waals surface area contributed by atoms with Crippen LogP contribution in [0, 0.1) is 0 Å². The highest BCUT2D eigenvalue weighted by molar-refractivity contribution is 7.88.